The molecule has 0 atom stereocenters. The fourth-order valence-electron chi connectivity index (χ4n) is 8.20. The first-order valence-electron chi connectivity index (χ1n) is 18.9. The van der Waals surface area contributed by atoms with Crippen LogP contribution in [0.3, 0.4) is 0 Å². The minimum absolute atomic E-state index is 0.585. The Labute approximate surface area is 334 Å². The number of para-hydroxylation sites is 2. The third-order valence-corrected chi connectivity index (χ3v) is 11.1. The summed E-state index contributed by atoms with van der Waals surface area (Å²) in [7, 11) is 0. The summed E-state index contributed by atoms with van der Waals surface area (Å²) in [4.78, 5) is 16.0. The topological polar surface area (TPSA) is 56.7 Å². The highest BCUT2D eigenvalue weighted by Gasteiger charge is 2.20. The van der Waals surface area contributed by atoms with Gasteiger partial charge in [-0.15, -0.1) is 12.6 Å². The van der Waals surface area contributed by atoms with Gasteiger partial charge < -0.3 is 8.98 Å². The quantitative estimate of drug-likeness (QED) is 0.172. The number of rotatable bonds is 6. The first-order chi connectivity index (χ1) is 28.2. The largest absolute Gasteiger partial charge is 0.456 e. The summed E-state index contributed by atoms with van der Waals surface area (Å²) in [5.41, 5.74) is 12.0. The van der Waals surface area contributed by atoms with Crippen LogP contribution < -0.4 is 0 Å². The van der Waals surface area contributed by atoms with Gasteiger partial charge in [0.2, 0.25) is 0 Å². The molecule has 0 spiro atoms. The van der Waals surface area contributed by atoms with E-state index in [0.717, 1.165) is 71.5 Å². The van der Waals surface area contributed by atoms with Gasteiger partial charge >= 0.3 is 0 Å². The van der Waals surface area contributed by atoms with Gasteiger partial charge in [-0.25, -0.2) is 15.0 Å². The van der Waals surface area contributed by atoms with Crippen LogP contribution >= 0.6 is 12.6 Å². The molecule has 11 aromatic rings. The smallest absolute Gasteiger partial charge is 0.164 e. The summed E-state index contributed by atoms with van der Waals surface area (Å²) in [6, 6.07) is 64.9. The first kappa shape index (κ1) is 33.1. The van der Waals surface area contributed by atoms with Crippen LogP contribution in [-0.2, 0) is 0 Å². The molecule has 11 rings (SSSR count). The molecule has 0 bridgehead atoms. The van der Waals surface area contributed by atoms with Crippen LogP contribution in [0.15, 0.2) is 197 Å². The van der Waals surface area contributed by atoms with Crippen LogP contribution in [0, 0.1) is 0 Å². The number of benzene rings is 8. The summed E-state index contributed by atoms with van der Waals surface area (Å²) in [5.74, 6) is 1.81. The molecule has 0 unspecified atom stereocenters. The SMILES string of the molecule is Sc1cccc(-c2ccc3oc4cccc(-c5nc(-c6ccccc6)nc(-c6ccccc6)n5)c4c3c2)c1-c1cccc(-n2c3ccccc3c3ccccc32)c1. The van der Waals surface area contributed by atoms with E-state index in [2.05, 4.69) is 120 Å². The zero-order chi connectivity index (χ0) is 37.9. The molecule has 57 heavy (non-hydrogen) atoms. The maximum absolute atomic E-state index is 6.51. The van der Waals surface area contributed by atoms with Gasteiger partial charge in [-0.1, -0.05) is 140 Å². The van der Waals surface area contributed by atoms with Crippen LogP contribution in [0.2, 0.25) is 0 Å². The molecule has 0 aliphatic heterocycles. The van der Waals surface area contributed by atoms with Gasteiger partial charge in [0.1, 0.15) is 11.2 Å². The van der Waals surface area contributed by atoms with Crippen LogP contribution in [0.4, 0.5) is 0 Å². The standard InChI is InChI=1S/C51H32N4OS/c57-46-27-13-22-37(47(46)35-18-11-19-36(30-35)55-42-24-9-7-20-38(42)39-21-8-10-25-43(39)55)34-28-29-44-41(31-34)48-40(23-12-26-45(48)56-44)51-53-49(32-14-3-1-4-15-32)52-50(54-51)33-16-5-2-6-17-33/h1-31,57H. The molecule has 5 nitrogen and oxygen atoms in total. The van der Waals surface area contributed by atoms with E-state index >= 15 is 0 Å². The Balaban J connectivity index is 1.08. The van der Waals surface area contributed by atoms with Crippen molar-refractivity contribution in [2.45, 2.75) is 4.90 Å². The molecular formula is C51H32N4OS. The highest BCUT2D eigenvalue weighted by Crippen LogP contribution is 2.42. The lowest BCUT2D eigenvalue weighted by Crippen LogP contribution is -2.00. The summed E-state index contributed by atoms with van der Waals surface area (Å²) >= 11 is 5.07. The van der Waals surface area contributed by atoms with Gasteiger partial charge in [0, 0.05) is 54.4 Å². The molecule has 0 N–H and O–H groups in total. The van der Waals surface area contributed by atoms with Crippen molar-refractivity contribution in [3.8, 4) is 62.1 Å². The molecule has 6 heteroatoms. The summed E-state index contributed by atoms with van der Waals surface area (Å²) in [6.45, 7) is 0. The predicted octanol–water partition coefficient (Wildman–Crippen LogP) is 13.5. The Bertz CT molecular complexity index is 3200. The van der Waals surface area contributed by atoms with Crippen molar-refractivity contribution in [1.82, 2.24) is 19.5 Å². The molecule has 8 aromatic carbocycles. The Morgan fingerprint density at radius 3 is 1.68 bits per heavy atom. The third-order valence-electron chi connectivity index (χ3n) is 10.8. The molecule has 3 aromatic heterocycles. The molecule has 0 saturated carbocycles. The van der Waals surface area contributed by atoms with Crippen LogP contribution in [0.5, 0.6) is 0 Å². The number of hydrogen-bond acceptors (Lipinski definition) is 5. The lowest BCUT2D eigenvalue weighted by Gasteiger charge is -2.15. The van der Waals surface area contributed by atoms with Gasteiger partial charge in [-0.05, 0) is 65.2 Å². The van der Waals surface area contributed by atoms with Crippen molar-refractivity contribution in [1.29, 1.82) is 0 Å². The highest BCUT2D eigenvalue weighted by molar-refractivity contribution is 7.80. The number of fused-ring (bicyclic) bond motifs is 6. The second-order valence-electron chi connectivity index (χ2n) is 14.1. The molecule has 0 fully saturated rings. The van der Waals surface area contributed by atoms with Crippen molar-refractivity contribution in [3.05, 3.63) is 188 Å². The fourth-order valence-corrected chi connectivity index (χ4v) is 8.53. The zero-order valence-electron chi connectivity index (χ0n) is 30.5. The number of furan rings is 1. The molecule has 268 valence electrons. The Morgan fingerprint density at radius 1 is 0.404 bits per heavy atom. The van der Waals surface area contributed by atoms with Crippen LogP contribution in [0.1, 0.15) is 0 Å². The van der Waals surface area contributed by atoms with E-state index in [1.807, 2.05) is 72.8 Å². The van der Waals surface area contributed by atoms with Gasteiger partial charge in [0.25, 0.3) is 0 Å². The normalized spacial score (nSPS) is 11.6. The lowest BCUT2D eigenvalue weighted by molar-refractivity contribution is 0.669. The molecule has 0 amide bonds. The van der Waals surface area contributed by atoms with E-state index in [1.54, 1.807) is 0 Å². The van der Waals surface area contributed by atoms with Crippen molar-refractivity contribution in [3.63, 3.8) is 0 Å². The second-order valence-corrected chi connectivity index (χ2v) is 14.6. The summed E-state index contributed by atoms with van der Waals surface area (Å²) < 4.78 is 8.87. The maximum Gasteiger partial charge on any atom is 0.164 e. The lowest BCUT2D eigenvalue weighted by atomic mass is 9.93. The maximum atomic E-state index is 6.51. The zero-order valence-corrected chi connectivity index (χ0v) is 31.4. The highest BCUT2D eigenvalue weighted by atomic mass is 32.1. The average Bonchev–Trinajstić information content (AvgIpc) is 3.82. The van der Waals surface area contributed by atoms with E-state index in [9.17, 15) is 0 Å². The van der Waals surface area contributed by atoms with E-state index < -0.39 is 0 Å². The van der Waals surface area contributed by atoms with Gasteiger partial charge in [-0.3, -0.25) is 0 Å². The fraction of sp³-hybridized carbons (Fsp3) is 0. The number of aromatic nitrogens is 4. The van der Waals surface area contributed by atoms with Crippen LogP contribution in [-0.4, -0.2) is 19.5 Å². The molecular weight excluding hydrogens is 717 g/mol. The molecule has 3 heterocycles. The first-order valence-corrected chi connectivity index (χ1v) is 19.4. The number of thiol groups is 1. The van der Waals surface area contributed by atoms with Crippen molar-refractivity contribution < 1.29 is 4.42 Å². The van der Waals surface area contributed by atoms with Crippen molar-refractivity contribution in [2.75, 3.05) is 0 Å². The minimum Gasteiger partial charge on any atom is -0.456 e. The third kappa shape index (κ3) is 5.61. The summed E-state index contributed by atoms with van der Waals surface area (Å²) in [6.07, 6.45) is 0. The van der Waals surface area contributed by atoms with Gasteiger partial charge in [-0.2, -0.15) is 0 Å². The van der Waals surface area contributed by atoms with Gasteiger partial charge in [0.15, 0.2) is 17.5 Å². The van der Waals surface area contributed by atoms with E-state index in [1.165, 1.54) is 21.8 Å². The van der Waals surface area contributed by atoms with E-state index in [4.69, 9.17) is 32.0 Å². The van der Waals surface area contributed by atoms with Gasteiger partial charge in [0.05, 0.1) is 11.0 Å². The van der Waals surface area contributed by atoms with Crippen LogP contribution in [0.25, 0.3) is 106 Å². The van der Waals surface area contributed by atoms with Crippen molar-refractivity contribution >= 4 is 56.4 Å². The molecule has 0 aliphatic rings. The monoisotopic (exact) mass is 748 g/mol. The summed E-state index contributed by atoms with van der Waals surface area (Å²) in [5, 5.41) is 4.41. The minimum atomic E-state index is 0.585. The number of nitrogens with zero attached hydrogens (tertiary/aromatic N) is 4. The van der Waals surface area contributed by atoms with E-state index in [0.29, 0.717) is 17.5 Å². The molecule has 0 saturated heterocycles. The Morgan fingerprint density at radius 2 is 0.982 bits per heavy atom. The van der Waals surface area contributed by atoms with E-state index in [-0.39, 0.29) is 0 Å². The molecule has 0 radical (unpaired) electrons. The number of hydrogen-bond donors (Lipinski definition) is 1. The Kier molecular flexibility index (Phi) is 7.83. The van der Waals surface area contributed by atoms with Crippen molar-refractivity contribution in [2.24, 2.45) is 0 Å². The molecule has 0 aliphatic carbocycles. The average molecular weight is 749 g/mol. The predicted molar refractivity (Wildman–Crippen MR) is 236 cm³/mol. The second kappa shape index (κ2) is 13.5. The Hall–Kier alpha value is -7.28.